The van der Waals surface area contributed by atoms with Crippen molar-refractivity contribution in [3.05, 3.63) is 35.4 Å². The first-order chi connectivity index (χ1) is 9.34. The topological polar surface area (TPSA) is 55.1 Å². The summed E-state index contributed by atoms with van der Waals surface area (Å²) >= 11 is 0. The van der Waals surface area contributed by atoms with Crippen molar-refractivity contribution in [2.45, 2.75) is 18.3 Å². The van der Waals surface area contributed by atoms with Crippen molar-refractivity contribution in [3.63, 3.8) is 0 Å². The van der Waals surface area contributed by atoms with Gasteiger partial charge in [0.2, 0.25) is 5.91 Å². The highest BCUT2D eigenvalue weighted by Crippen LogP contribution is 2.48. The van der Waals surface area contributed by atoms with Crippen LogP contribution in [0.2, 0.25) is 0 Å². The fraction of sp³-hybridized carbons (Fsp3) is 0.462. The average molecular weight is 327 g/mol. The third kappa shape index (κ3) is 4.31. The van der Waals surface area contributed by atoms with E-state index in [0.717, 1.165) is 18.2 Å². The van der Waals surface area contributed by atoms with Crippen LogP contribution in [0.3, 0.4) is 0 Å². The first kappa shape index (κ1) is 17.7. The van der Waals surface area contributed by atoms with Crippen LogP contribution >= 0.6 is 12.4 Å². The Balaban J connectivity index is 0.00000220. The lowest BCUT2D eigenvalue weighted by Gasteiger charge is -2.14. The van der Waals surface area contributed by atoms with Crippen LogP contribution in [0.25, 0.3) is 0 Å². The molecule has 0 saturated heterocycles. The van der Waals surface area contributed by atoms with E-state index in [0.29, 0.717) is 6.42 Å². The fourth-order valence-electron chi connectivity index (χ4n) is 2.05. The molecule has 1 aromatic rings. The van der Waals surface area contributed by atoms with Crippen LogP contribution in [-0.4, -0.2) is 24.9 Å². The Kier molecular flexibility index (Phi) is 5.58. The molecule has 0 spiro atoms. The lowest BCUT2D eigenvalue weighted by molar-refractivity contribution is -0.124. The molecule has 2 unspecified atom stereocenters. The first-order valence-electron chi connectivity index (χ1n) is 6.14. The molecule has 1 amide bonds. The van der Waals surface area contributed by atoms with Gasteiger partial charge in [-0.3, -0.25) is 4.79 Å². The minimum absolute atomic E-state index is 0. The van der Waals surface area contributed by atoms with Crippen molar-refractivity contribution < 1.29 is 22.4 Å². The summed E-state index contributed by atoms with van der Waals surface area (Å²) in [5.41, 5.74) is 4.95. The third-order valence-electron chi connectivity index (χ3n) is 3.30. The molecule has 118 valence electrons. The van der Waals surface area contributed by atoms with Crippen LogP contribution in [0.4, 0.5) is 17.6 Å². The zero-order valence-electron chi connectivity index (χ0n) is 10.9. The van der Waals surface area contributed by atoms with Gasteiger partial charge < -0.3 is 11.1 Å². The molecule has 0 bridgehead atoms. The van der Waals surface area contributed by atoms with Gasteiger partial charge in [-0.15, -0.1) is 12.4 Å². The molecule has 1 aliphatic rings. The molecule has 1 fully saturated rings. The van der Waals surface area contributed by atoms with E-state index in [1.54, 1.807) is 0 Å². The zero-order valence-corrected chi connectivity index (χ0v) is 11.7. The highest BCUT2D eigenvalue weighted by molar-refractivity contribution is 5.85. The maximum Gasteiger partial charge on any atom is 0.277 e. The molecule has 1 saturated carbocycles. The minimum atomic E-state index is -3.16. The lowest BCUT2D eigenvalue weighted by Crippen LogP contribution is -2.42. The zero-order chi connectivity index (χ0) is 14.9. The van der Waals surface area contributed by atoms with Crippen molar-refractivity contribution >= 4 is 18.3 Å². The number of hydrogen-bond acceptors (Lipinski definition) is 2. The Bertz CT molecular complexity index is 527. The average Bonchev–Trinajstić information content (AvgIpc) is 3.19. The highest BCUT2D eigenvalue weighted by Gasteiger charge is 2.45. The molecule has 0 radical (unpaired) electrons. The second kappa shape index (κ2) is 6.62. The summed E-state index contributed by atoms with van der Waals surface area (Å²) in [4.78, 5) is 11.6. The van der Waals surface area contributed by atoms with Crippen LogP contribution < -0.4 is 11.1 Å². The Morgan fingerprint density at radius 2 is 2.05 bits per heavy atom. The first-order valence-corrected chi connectivity index (χ1v) is 6.14. The Labute approximate surface area is 125 Å². The molecule has 3 N–H and O–H groups in total. The number of carbonyl (C=O) groups excluding carboxylic acids is 1. The Morgan fingerprint density at radius 1 is 1.38 bits per heavy atom. The summed E-state index contributed by atoms with van der Waals surface area (Å²) in [6.07, 6.45) is 0.320. The molecule has 0 aromatic heterocycles. The Morgan fingerprint density at radius 3 is 2.67 bits per heavy atom. The highest BCUT2D eigenvalue weighted by atomic mass is 35.5. The number of carbonyl (C=O) groups is 1. The second-order valence-electron chi connectivity index (χ2n) is 4.89. The van der Waals surface area contributed by atoms with E-state index < -0.39 is 48.4 Å². The fourth-order valence-corrected chi connectivity index (χ4v) is 2.05. The number of alkyl halides is 2. The van der Waals surface area contributed by atoms with Gasteiger partial charge in [0.25, 0.3) is 5.92 Å². The summed E-state index contributed by atoms with van der Waals surface area (Å²) in [5, 5.41) is 2.08. The van der Waals surface area contributed by atoms with Gasteiger partial charge in [0.05, 0.1) is 13.1 Å². The Hall–Kier alpha value is -1.34. The number of rotatable bonds is 5. The molecule has 2 rings (SSSR count). The largest absolute Gasteiger partial charge is 0.350 e. The molecular formula is C13H15ClF4N2O. The van der Waals surface area contributed by atoms with Crippen molar-refractivity contribution in [3.8, 4) is 0 Å². The smallest absolute Gasteiger partial charge is 0.277 e. The van der Waals surface area contributed by atoms with Gasteiger partial charge in [0.15, 0.2) is 0 Å². The van der Waals surface area contributed by atoms with E-state index in [4.69, 9.17) is 5.73 Å². The molecular weight excluding hydrogens is 312 g/mol. The van der Waals surface area contributed by atoms with Gasteiger partial charge in [-0.05, 0) is 36.1 Å². The second-order valence-corrected chi connectivity index (χ2v) is 4.89. The number of nitrogens with one attached hydrogen (secondary N) is 1. The monoisotopic (exact) mass is 326 g/mol. The van der Waals surface area contributed by atoms with Gasteiger partial charge >= 0.3 is 0 Å². The van der Waals surface area contributed by atoms with Crippen LogP contribution in [0.15, 0.2) is 18.2 Å². The summed E-state index contributed by atoms with van der Waals surface area (Å²) < 4.78 is 52.3. The lowest BCUT2D eigenvalue weighted by atomic mass is 10.1. The molecule has 3 nitrogen and oxygen atoms in total. The van der Waals surface area contributed by atoms with Crippen molar-refractivity contribution in [1.29, 1.82) is 0 Å². The van der Waals surface area contributed by atoms with E-state index in [1.807, 2.05) is 0 Å². The van der Waals surface area contributed by atoms with Crippen molar-refractivity contribution in [2.24, 2.45) is 11.7 Å². The molecule has 2 atom stereocenters. The van der Waals surface area contributed by atoms with E-state index in [1.165, 1.54) is 0 Å². The number of halogens is 5. The van der Waals surface area contributed by atoms with Crippen LogP contribution in [0.1, 0.15) is 17.9 Å². The standard InChI is InChI=1S/C13H14F4N2O.ClH/c14-7-1-2-11(15)9(3-7)8-4-10(8)12(20)19-6-13(16,17)5-18;/h1-3,8,10H,4-6,18H2,(H,19,20);1H. The minimum Gasteiger partial charge on any atom is -0.350 e. The predicted octanol–water partition coefficient (Wildman–Crippen LogP) is 2.20. The normalized spacial score (nSPS) is 20.6. The summed E-state index contributed by atoms with van der Waals surface area (Å²) in [6, 6.07) is 3.00. The maximum absolute atomic E-state index is 13.5. The molecule has 21 heavy (non-hydrogen) atoms. The molecule has 0 aliphatic heterocycles. The van der Waals surface area contributed by atoms with Crippen molar-refractivity contribution in [1.82, 2.24) is 5.32 Å². The van der Waals surface area contributed by atoms with E-state index >= 15 is 0 Å². The van der Waals surface area contributed by atoms with Crippen LogP contribution in [0, 0.1) is 17.6 Å². The number of amides is 1. The van der Waals surface area contributed by atoms with E-state index in [9.17, 15) is 22.4 Å². The molecule has 8 heteroatoms. The summed E-state index contributed by atoms with van der Waals surface area (Å²) in [6.45, 7) is -1.71. The van der Waals surface area contributed by atoms with Crippen LogP contribution in [0.5, 0.6) is 0 Å². The molecule has 1 aromatic carbocycles. The quantitative estimate of drug-likeness (QED) is 0.815. The van der Waals surface area contributed by atoms with Gasteiger partial charge in [-0.25, -0.2) is 17.6 Å². The molecule has 1 aliphatic carbocycles. The van der Waals surface area contributed by atoms with Crippen molar-refractivity contribution in [2.75, 3.05) is 13.1 Å². The van der Waals surface area contributed by atoms with Crippen LogP contribution in [-0.2, 0) is 4.79 Å². The number of nitrogens with two attached hydrogens (primary N) is 1. The van der Waals surface area contributed by atoms with Gasteiger partial charge in [-0.1, -0.05) is 0 Å². The van der Waals surface area contributed by atoms with Gasteiger partial charge in [0.1, 0.15) is 11.6 Å². The van der Waals surface area contributed by atoms with Gasteiger partial charge in [0, 0.05) is 5.92 Å². The maximum atomic E-state index is 13.5. The number of benzene rings is 1. The van der Waals surface area contributed by atoms with E-state index in [-0.39, 0.29) is 18.0 Å². The summed E-state index contributed by atoms with van der Waals surface area (Å²) in [7, 11) is 0. The van der Waals surface area contributed by atoms with Gasteiger partial charge in [-0.2, -0.15) is 0 Å². The summed E-state index contributed by atoms with van der Waals surface area (Å²) in [5.74, 6) is -6.01. The third-order valence-corrected chi connectivity index (χ3v) is 3.30. The SMILES string of the molecule is Cl.NCC(F)(F)CNC(=O)C1CC1c1cc(F)ccc1F. The number of hydrogen-bond donors (Lipinski definition) is 2. The predicted molar refractivity (Wildman–Crippen MR) is 71.5 cm³/mol. The molecule has 0 heterocycles. The van der Waals surface area contributed by atoms with E-state index in [2.05, 4.69) is 5.32 Å².